The highest BCUT2D eigenvalue weighted by Gasteiger charge is 2.19. The van der Waals surface area contributed by atoms with Crippen molar-refractivity contribution >= 4 is 11.4 Å². The fraction of sp³-hybridized carbons (Fsp3) is 0.333. The summed E-state index contributed by atoms with van der Waals surface area (Å²) < 4.78 is 5.41. The summed E-state index contributed by atoms with van der Waals surface area (Å²) in [4.78, 5) is 0. The van der Waals surface area contributed by atoms with Crippen molar-refractivity contribution in [3.05, 3.63) is 18.2 Å². The monoisotopic (exact) mass is 180 g/mol. The molecular formula is C9H12N2O2. The zero-order valence-corrected chi connectivity index (χ0v) is 7.16. The van der Waals surface area contributed by atoms with Gasteiger partial charge in [0.2, 0.25) is 0 Å². The Bertz CT molecular complexity index is 314. The van der Waals surface area contributed by atoms with Crippen molar-refractivity contribution in [2.75, 3.05) is 24.3 Å². The van der Waals surface area contributed by atoms with Gasteiger partial charge in [0.15, 0.2) is 0 Å². The van der Waals surface area contributed by atoms with E-state index in [4.69, 9.17) is 15.6 Å². The highest BCUT2D eigenvalue weighted by molar-refractivity contribution is 5.74. The van der Waals surface area contributed by atoms with E-state index in [9.17, 15) is 0 Å². The molecule has 1 heterocycles. The third kappa shape index (κ3) is 1.40. The zero-order valence-electron chi connectivity index (χ0n) is 7.16. The second kappa shape index (κ2) is 3.14. The molecular weight excluding hydrogens is 168 g/mol. The summed E-state index contributed by atoms with van der Waals surface area (Å²) in [6.07, 6.45) is 0. The number of aliphatic hydroxyl groups is 1. The van der Waals surface area contributed by atoms with E-state index in [1.807, 2.05) is 12.1 Å². The first-order valence-corrected chi connectivity index (χ1v) is 4.20. The number of nitrogen functional groups attached to an aromatic ring is 1. The van der Waals surface area contributed by atoms with Crippen molar-refractivity contribution in [2.24, 2.45) is 0 Å². The number of para-hydroxylation sites is 1. The maximum absolute atomic E-state index is 8.92. The summed E-state index contributed by atoms with van der Waals surface area (Å²) in [5.41, 5.74) is 7.17. The van der Waals surface area contributed by atoms with E-state index in [0.29, 0.717) is 12.3 Å². The Kier molecular flexibility index (Phi) is 1.98. The van der Waals surface area contributed by atoms with Crippen molar-refractivity contribution < 1.29 is 9.84 Å². The van der Waals surface area contributed by atoms with Gasteiger partial charge in [-0.1, -0.05) is 6.07 Å². The first-order valence-electron chi connectivity index (χ1n) is 4.20. The number of nitrogens with two attached hydrogens (primary N) is 1. The molecule has 2 rings (SSSR count). The molecule has 0 amide bonds. The molecule has 13 heavy (non-hydrogen) atoms. The quantitative estimate of drug-likeness (QED) is 0.548. The van der Waals surface area contributed by atoms with Crippen LogP contribution in [0.1, 0.15) is 0 Å². The molecule has 1 aliphatic heterocycles. The molecule has 0 bridgehead atoms. The molecule has 0 spiro atoms. The SMILES string of the molecule is Nc1cccc2c1NC(CO)CO2. The maximum atomic E-state index is 8.92. The smallest absolute Gasteiger partial charge is 0.144 e. The fourth-order valence-corrected chi connectivity index (χ4v) is 1.36. The predicted molar refractivity (Wildman–Crippen MR) is 50.8 cm³/mol. The Balaban J connectivity index is 2.32. The lowest BCUT2D eigenvalue weighted by molar-refractivity contribution is 0.208. The number of anilines is 2. The van der Waals surface area contributed by atoms with Crippen molar-refractivity contribution in [3.63, 3.8) is 0 Å². The van der Waals surface area contributed by atoms with Gasteiger partial charge in [0.1, 0.15) is 18.0 Å². The average Bonchev–Trinajstić information content (AvgIpc) is 2.18. The van der Waals surface area contributed by atoms with Crippen LogP contribution in [0.3, 0.4) is 0 Å². The van der Waals surface area contributed by atoms with Crippen LogP contribution >= 0.6 is 0 Å². The van der Waals surface area contributed by atoms with Gasteiger partial charge in [0, 0.05) is 0 Å². The molecule has 4 nitrogen and oxygen atoms in total. The number of rotatable bonds is 1. The lowest BCUT2D eigenvalue weighted by atomic mass is 10.2. The number of hydrogen-bond donors (Lipinski definition) is 3. The third-order valence-corrected chi connectivity index (χ3v) is 2.07. The lowest BCUT2D eigenvalue weighted by Gasteiger charge is -2.26. The molecule has 1 aliphatic rings. The number of benzene rings is 1. The van der Waals surface area contributed by atoms with Crippen molar-refractivity contribution in [1.82, 2.24) is 0 Å². The van der Waals surface area contributed by atoms with Crippen molar-refractivity contribution in [1.29, 1.82) is 0 Å². The third-order valence-electron chi connectivity index (χ3n) is 2.07. The molecule has 0 aliphatic carbocycles. The maximum Gasteiger partial charge on any atom is 0.144 e. The van der Waals surface area contributed by atoms with Crippen LogP contribution in [0.25, 0.3) is 0 Å². The van der Waals surface area contributed by atoms with Crippen molar-refractivity contribution in [3.8, 4) is 5.75 Å². The molecule has 0 radical (unpaired) electrons. The van der Waals surface area contributed by atoms with Gasteiger partial charge in [-0.05, 0) is 12.1 Å². The van der Waals surface area contributed by atoms with Gasteiger partial charge in [-0.25, -0.2) is 0 Å². The Morgan fingerprint density at radius 1 is 1.62 bits per heavy atom. The molecule has 4 heteroatoms. The zero-order chi connectivity index (χ0) is 9.26. The molecule has 1 atom stereocenters. The van der Waals surface area contributed by atoms with Gasteiger partial charge in [0.25, 0.3) is 0 Å². The molecule has 0 saturated carbocycles. The standard InChI is InChI=1S/C9H12N2O2/c10-7-2-1-3-8-9(7)11-6(4-12)5-13-8/h1-3,6,11-12H,4-5,10H2. The topological polar surface area (TPSA) is 67.5 Å². The van der Waals surface area contributed by atoms with E-state index >= 15 is 0 Å². The van der Waals surface area contributed by atoms with Crippen LogP contribution in [0.2, 0.25) is 0 Å². The van der Waals surface area contributed by atoms with Gasteiger partial charge in [-0.15, -0.1) is 0 Å². The normalized spacial score (nSPS) is 19.9. The molecule has 0 fully saturated rings. The molecule has 1 unspecified atom stereocenters. The lowest BCUT2D eigenvalue weighted by Crippen LogP contribution is -2.34. The number of nitrogens with one attached hydrogen (secondary N) is 1. The predicted octanol–water partition coefficient (Wildman–Crippen LogP) is 0.434. The number of hydrogen-bond acceptors (Lipinski definition) is 4. The molecule has 4 N–H and O–H groups in total. The molecule has 0 aromatic heterocycles. The van der Waals surface area contributed by atoms with Gasteiger partial charge in [-0.2, -0.15) is 0 Å². The van der Waals surface area contributed by atoms with Crippen LogP contribution in [-0.4, -0.2) is 24.4 Å². The van der Waals surface area contributed by atoms with Gasteiger partial charge >= 0.3 is 0 Å². The number of aliphatic hydroxyl groups excluding tert-OH is 1. The Morgan fingerprint density at radius 2 is 2.46 bits per heavy atom. The highest BCUT2D eigenvalue weighted by Crippen LogP contribution is 2.33. The van der Waals surface area contributed by atoms with Crippen LogP contribution in [-0.2, 0) is 0 Å². The van der Waals surface area contributed by atoms with Gasteiger partial charge in [-0.3, -0.25) is 0 Å². The molecule has 70 valence electrons. The van der Waals surface area contributed by atoms with E-state index in [-0.39, 0.29) is 12.6 Å². The van der Waals surface area contributed by atoms with E-state index in [1.165, 1.54) is 0 Å². The first-order chi connectivity index (χ1) is 6.31. The summed E-state index contributed by atoms with van der Waals surface area (Å²) in [6.45, 7) is 0.528. The summed E-state index contributed by atoms with van der Waals surface area (Å²) in [5, 5.41) is 12.0. The summed E-state index contributed by atoms with van der Waals surface area (Å²) in [7, 11) is 0. The second-order valence-electron chi connectivity index (χ2n) is 3.06. The molecule has 1 aromatic carbocycles. The van der Waals surface area contributed by atoms with Crippen LogP contribution in [0, 0.1) is 0 Å². The van der Waals surface area contributed by atoms with Crippen LogP contribution in [0.4, 0.5) is 11.4 Å². The van der Waals surface area contributed by atoms with E-state index in [2.05, 4.69) is 5.32 Å². The summed E-state index contributed by atoms with van der Waals surface area (Å²) in [5.74, 6) is 0.754. The van der Waals surface area contributed by atoms with Crippen molar-refractivity contribution in [2.45, 2.75) is 6.04 Å². The Morgan fingerprint density at radius 3 is 3.23 bits per heavy atom. The van der Waals surface area contributed by atoms with E-state index in [0.717, 1.165) is 11.4 Å². The minimum atomic E-state index is -0.0581. The summed E-state index contributed by atoms with van der Waals surface area (Å²) in [6, 6.07) is 5.44. The Labute approximate surface area is 76.3 Å². The molecule has 1 aromatic rings. The van der Waals surface area contributed by atoms with Crippen LogP contribution < -0.4 is 15.8 Å². The van der Waals surface area contributed by atoms with E-state index in [1.54, 1.807) is 6.07 Å². The second-order valence-corrected chi connectivity index (χ2v) is 3.06. The number of fused-ring (bicyclic) bond motifs is 1. The number of ether oxygens (including phenoxy) is 1. The van der Waals surface area contributed by atoms with Gasteiger partial charge < -0.3 is 20.9 Å². The Hall–Kier alpha value is -1.42. The fourth-order valence-electron chi connectivity index (χ4n) is 1.36. The molecule has 0 saturated heterocycles. The van der Waals surface area contributed by atoms with Crippen LogP contribution in [0.5, 0.6) is 5.75 Å². The minimum absolute atomic E-state index is 0.0494. The largest absolute Gasteiger partial charge is 0.489 e. The minimum Gasteiger partial charge on any atom is -0.489 e. The van der Waals surface area contributed by atoms with Gasteiger partial charge in [0.05, 0.1) is 18.3 Å². The highest BCUT2D eigenvalue weighted by atomic mass is 16.5. The first kappa shape index (κ1) is 8.19. The average molecular weight is 180 g/mol. The van der Waals surface area contributed by atoms with E-state index < -0.39 is 0 Å². The summed E-state index contributed by atoms with van der Waals surface area (Å²) >= 11 is 0. The van der Waals surface area contributed by atoms with Crippen LogP contribution in [0.15, 0.2) is 18.2 Å².